The van der Waals surface area contributed by atoms with Gasteiger partial charge in [0.25, 0.3) is 0 Å². The van der Waals surface area contributed by atoms with Crippen LogP contribution in [0, 0.1) is 6.92 Å². The van der Waals surface area contributed by atoms with E-state index in [2.05, 4.69) is 26.4 Å². The van der Waals surface area contributed by atoms with Crippen LogP contribution in [0.5, 0.6) is 5.75 Å². The van der Waals surface area contributed by atoms with Crippen LogP contribution in [-0.4, -0.2) is 10.3 Å². The maximum absolute atomic E-state index is 9.78. The van der Waals surface area contributed by atoms with Gasteiger partial charge < -0.3 is 14.9 Å². The molecule has 0 bridgehead atoms. The molecule has 5 heteroatoms. The van der Waals surface area contributed by atoms with E-state index in [4.69, 9.17) is 4.52 Å². The first-order valence-corrected chi connectivity index (χ1v) is 6.05. The van der Waals surface area contributed by atoms with Crippen LogP contribution in [0.3, 0.4) is 0 Å². The van der Waals surface area contributed by atoms with Crippen LogP contribution in [0.15, 0.2) is 33.3 Å². The second-order valence-corrected chi connectivity index (χ2v) is 4.63. The van der Waals surface area contributed by atoms with E-state index in [-0.39, 0.29) is 5.75 Å². The fourth-order valence-corrected chi connectivity index (χ4v) is 1.94. The SMILES string of the molecule is Cc1cc(CNCc2cccc(Br)c2O)no1. The number of rotatable bonds is 4. The largest absolute Gasteiger partial charge is 0.506 e. The van der Waals surface area contributed by atoms with Crippen LogP contribution < -0.4 is 5.32 Å². The third-order valence-electron chi connectivity index (χ3n) is 2.37. The van der Waals surface area contributed by atoms with Gasteiger partial charge in [-0.1, -0.05) is 17.3 Å². The highest BCUT2D eigenvalue weighted by Crippen LogP contribution is 2.27. The summed E-state index contributed by atoms with van der Waals surface area (Å²) in [5.74, 6) is 1.07. The molecule has 0 radical (unpaired) electrons. The van der Waals surface area contributed by atoms with Gasteiger partial charge in [-0.15, -0.1) is 0 Å². The molecule has 0 fully saturated rings. The lowest BCUT2D eigenvalue weighted by atomic mass is 10.2. The van der Waals surface area contributed by atoms with Crippen LogP contribution >= 0.6 is 15.9 Å². The number of hydrogen-bond donors (Lipinski definition) is 2. The maximum Gasteiger partial charge on any atom is 0.134 e. The van der Waals surface area contributed by atoms with Gasteiger partial charge in [-0.3, -0.25) is 0 Å². The van der Waals surface area contributed by atoms with Crippen molar-refractivity contribution in [2.45, 2.75) is 20.0 Å². The molecule has 4 nitrogen and oxygen atoms in total. The molecule has 17 heavy (non-hydrogen) atoms. The van der Waals surface area contributed by atoms with Gasteiger partial charge in [-0.05, 0) is 28.9 Å². The van der Waals surface area contributed by atoms with Crippen molar-refractivity contribution in [3.05, 3.63) is 45.8 Å². The number of aromatic nitrogens is 1. The van der Waals surface area contributed by atoms with Crippen molar-refractivity contribution in [1.82, 2.24) is 10.5 Å². The van der Waals surface area contributed by atoms with Gasteiger partial charge >= 0.3 is 0 Å². The maximum atomic E-state index is 9.78. The molecule has 0 aliphatic rings. The second kappa shape index (κ2) is 5.33. The van der Waals surface area contributed by atoms with Gasteiger partial charge in [0.05, 0.1) is 10.2 Å². The Kier molecular flexibility index (Phi) is 3.81. The molecule has 0 spiro atoms. The number of benzene rings is 1. The van der Waals surface area contributed by atoms with Gasteiger partial charge in [0, 0.05) is 24.7 Å². The van der Waals surface area contributed by atoms with E-state index in [0.29, 0.717) is 17.6 Å². The van der Waals surface area contributed by atoms with Crippen molar-refractivity contribution in [3.63, 3.8) is 0 Å². The zero-order valence-corrected chi connectivity index (χ0v) is 11.0. The summed E-state index contributed by atoms with van der Waals surface area (Å²) in [6.07, 6.45) is 0. The Morgan fingerprint density at radius 1 is 1.41 bits per heavy atom. The Hall–Kier alpha value is -1.33. The highest BCUT2D eigenvalue weighted by molar-refractivity contribution is 9.10. The molecule has 90 valence electrons. The van der Waals surface area contributed by atoms with Crippen molar-refractivity contribution in [2.75, 3.05) is 0 Å². The van der Waals surface area contributed by atoms with Crippen LogP contribution in [0.2, 0.25) is 0 Å². The van der Waals surface area contributed by atoms with Gasteiger partial charge in [0.2, 0.25) is 0 Å². The van der Waals surface area contributed by atoms with Crippen LogP contribution in [-0.2, 0) is 13.1 Å². The summed E-state index contributed by atoms with van der Waals surface area (Å²) >= 11 is 3.28. The second-order valence-electron chi connectivity index (χ2n) is 3.78. The molecule has 2 aromatic rings. The summed E-state index contributed by atoms with van der Waals surface area (Å²) in [7, 11) is 0. The van der Waals surface area contributed by atoms with E-state index in [0.717, 1.165) is 17.0 Å². The van der Waals surface area contributed by atoms with Gasteiger partial charge in [-0.2, -0.15) is 0 Å². The van der Waals surface area contributed by atoms with E-state index < -0.39 is 0 Å². The molecule has 1 heterocycles. The van der Waals surface area contributed by atoms with Crippen molar-refractivity contribution in [3.8, 4) is 5.75 Å². The minimum absolute atomic E-state index is 0.274. The number of halogens is 1. The highest BCUT2D eigenvalue weighted by atomic mass is 79.9. The van der Waals surface area contributed by atoms with Crippen molar-refractivity contribution in [2.24, 2.45) is 0 Å². The van der Waals surface area contributed by atoms with E-state index in [1.165, 1.54) is 0 Å². The van der Waals surface area contributed by atoms with Crippen LogP contribution in [0.25, 0.3) is 0 Å². The summed E-state index contributed by atoms with van der Waals surface area (Å²) < 4.78 is 5.67. The topological polar surface area (TPSA) is 58.3 Å². The average Bonchev–Trinajstić information content (AvgIpc) is 2.70. The molecule has 0 saturated carbocycles. The zero-order valence-electron chi connectivity index (χ0n) is 9.40. The molecule has 0 atom stereocenters. The molecular formula is C12H13BrN2O2. The van der Waals surface area contributed by atoms with Crippen molar-refractivity contribution in [1.29, 1.82) is 0 Å². The molecular weight excluding hydrogens is 284 g/mol. The quantitative estimate of drug-likeness (QED) is 0.911. The van der Waals surface area contributed by atoms with Gasteiger partial charge in [0.1, 0.15) is 11.5 Å². The van der Waals surface area contributed by atoms with Crippen molar-refractivity contribution < 1.29 is 9.63 Å². The molecule has 0 aliphatic carbocycles. The normalized spacial score (nSPS) is 10.7. The monoisotopic (exact) mass is 296 g/mol. The van der Waals surface area contributed by atoms with E-state index in [1.54, 1.807) is 6.07 Å². The lowest BCUT2D eigenvalue weighted by molar-refractivity contribution is 0.388. The fraction of sp³-hybridized carbons (Fsp3) is 0.250. The molecule has 0 unspecified atom stereocenters. The lowest BCUT2D eigenvalue weighted by Crippen LogP contribution is -2.12. The van der Waals surface area contributed by atoms with Gasteiger partial charge in [0.15, 0.2) is 0 Å². The molecule has 2 rings (SSSR count). The summed E-state index contributed by atoms with van der Waals surface area (Å²) in [6.45, 7) is 3.05. The Bertz CT molecular complexity index is 511. The lowest BCUT2D eigenvalue weighted by Gasteiger charge is -2.06. The number of nitrogens with one attached hydrogen (secondary N) is 1. The minimum Gasteiger partial charge on any atom is -0.506 e. The average molecular weight is 297 g/mol. The Labute approximate surface area is 108 Å². The number of hydrogen-bond acceptors (Lipinski definition) is 4. The summed E-state index contributed by atoms with van der Waals surface area (Å²) in [5.41, 5.74) is 1.71. The highest BCUT2D eigenvalue weighted by Gasteiger charge is 2.05. The Morgan fingerprint density at radius 2 is 2.24 bits per heavy atom. The van der Waals surface area contributed by atoms with E-state index in [9.17, 15) is 5.11 Å². The first kappa shape index (κ1) is 12.1. The Morgan fingerprint density at radius 3 is 2.94 bits per heavy atom. The molecule has 1 aromatic heterocycles. The molecule has 0 aliphatic heterocycles. The predicted molar refractivity (Wildman–Crippen MR) is 67.6 cm³/mol. The predicted octanol–water partition coefficient (Wildman–Crippen LogP) is 2.74. The number of aromatic hydroxyl groups is 1. The first-order valence-electron chi connectivity index (χ1n) is 5.26. The first-order chi connectivity index (χ1) is 8.16. The number of nitrogens with zero attached hydrogens (tertiary/aromatic N) is 1. The van der Waals surface area contributed by atoms with E-state index in [1.807, 2.05) is 25.1 Å². The molecule has 0 amide bonds. The fourth-order valence-electron chi connectivity index (χ4n) is 1.53. The number of phenols is 1. The van der Waals surface area contributed by atoms with Crippen molar-refractivity contribution >= 4 is 15.9 Å². The number of phenolic OH excluding ortho intramolecular Hbond substituents is 1. The zero-order chi connectivity index (χ0) is 12.3. The third-order valence-corrected chi connectivity index (χ3v) is 3.01. The smallest absolute Gasteiger partial charge is 0.134 e. The van der Waals surface area contributed by atoms with Crippen LogP contribution in [0.1, 0.15) is 17.0 Å². The molecule has 2 N–H and O–H groups in total. The summed E-state index contributed by atoms with van der Waals surface area (Å²) in [6, 6.07) is 7.45. The summed E-state index contributed by atoms with van der Waals surface area (Å²) in [4.78, 5) is 0. The van der Waals surface area contributed by atoms with E-state index >= 15 is 0 Å². The number of aryl methyl sites for hydroxylation is 1. The van der Waals surface area contributed by atoms with Gasteiger partial charge in [-0.25, -0.2) is 0 Å². The molecule has 1 aromatic carbocycles. The van der Waals surface area contributed by atoms with Crippen LogP contribution in [0.4, 0.5) is 0 Å². The Balaban J connectivity index is 1.92. The third kappa shape index (κ3) is 3.08. The number of para-hydroxylation sites is 1. The summed E-state index contributed by atoms with van der Waals surface area (Å²) in [5, 5.41) is 16.9. The minimum atomic E-state index is 0.274. The molecule has 0 saturated heterocycles. The standard InChI is InChI=1S/C12H13BrN2O2/c1-8-5-10(15-17-8)7-14-6-9-3-2-4-11(13)12(9)16/h2-5,14,16H,6-7H2,1H3.